The Labute approximate surface area is 121 Å². The van der Waals surface area contributed by atoms with Crippen molar-refractivity contribution in [3.63, 3.8) is 0 Å². The van der Waals surface area contributed by atoms with Crippen molar-refractivity contribution in [2.24, 2.45) is 0 Å². The fourth-order valence-corrected chi connectivity index (χ4v) is 3.33. The predicted molar refractivity (Wildman–Crippen MR) is 79.3 cm³/mol. The van der Waals surface area contributed by atoms with Crippen molar-refractivity contribution in [3.05, 3.63) is 39.4 Å². The second-order valence-electron chi connectivity index (χ2n) is 4.78. The van der Waals surface area contributed by atoms with Crippen molar-refractivity contribution in [1.82, 2.24) is 4.98 Å². The SMILES string of the molecule is COc1cc(Cc2sc(N)nc2C2CC2)ccc1Cl. The van der Waals surface area contributed by atoms with Gasteiger partial charge < -0.3 is 10.5 Å². The van der Waals surface area contributed by atoms with Gasteiger partial charge >= 0.3 is 0 Å². The molecule has 3 rings (SSSR count). The lowest BCUT2D eigenvalue weighted by molar-refractivity contribution is 0.414. The number of nitrogens with two attached hydrogens (primary N) is 1. The summed E-state index contributed by atoms with van der Waals surface area (Å²) in [6, 6.07) is 5.88. The number of aromatic nitrogens is 1. The van der Waals surface area contributed by atoms with Crippen LogP contribution in [0.25, 0.3) is 0 Å². The Morgan fingerprint density at radius 1 is 1.47 bits per heavy atom. The Bertz CT molecular complexity index is 607. The van der Waals surface area contributed by atoms with Crippen molar-refractivity contribution >= 4 is 28.1 Å². The normalized spacial score (nSPS) is 14.6. The molecule has 2 N–H and O–H groups in total. The lowest BCUT2D eigenvalue weighted by atomic mass is 10.1. The zero-order valence-corrected chi connectivity index (χ0v) is 12.2. The summed E-state index contributed by atoms with van der Waals surface area (Å²) in [6.07, 6.45) is 3.31. The summed E-state index contributed by atoms with van der Waals surface area (Å²) in [4.78, 5) is 5.74. The van der Waals surface area contributed by atoms with Gasteiger partial charge in [-0.1, -0.05) is 17.7 Å². The molecule has 3 nitrogen and oxygen atoms in total. The highest BCUT2D eigenvalue weighted by molar-refractivity contribution is 7.15. The van der Waals surface area contributed by atoms with E-state index in [9.17, 15) is 0 Å². The lowest BCUT2D eigenvalue weighted by Gasteiger charge is -2.06. The monoisotopic (exact) mass is 294 g/mol. The molecule has 0 spiro atoms. The third kappa shape index (κ3) is 2.69. The van der Waals surface area contributed by atoms with Crippen LogP contribution in [0.4, 0.5) is 5.13 Å². The molecule has 0 aliphatic heterocycles. The van der Waals surface area contributed by atoms with Gasteiger partial charge in [0.15, 0.2) is 5.13 Å². The van der Waals surface area contributed by atoms with Crippen LogP contribution in [0.2, 0.25) is 5.02 Å². The Balaban J connectivity index is 1.88. The fourth-order valence-electron chi connectivity index (χ4n) is 2.18. The number of halogens is 1. The van der Waals surface area contributed by atoms with Crippen LogP contribution in [0.15, 0.2) is 18.2 Å². The molecule has 1 aromatic heterocycles. The van der Waals surface area contributed by atoms with Gasteiger partial charge in [-0.2, -0.15) is 0 Å². The Kier molecular flexibility index (Phi) is 3.37. The van der Waals surface area contributed by atoms with Gasteiger partial charge in [-0.05, 0) is 30.5 Å². The van der Waals surface area contributed by atoms with E-state index in [4.69, 9.17) is 22.1 Å². The molecule has 1 heterocycles. The Morgan fingerprint density at radius 3 is 2.95 bits per heavy atom. The first-order chi connectivity index (χ1) is 9.17. The predicted octanol–water partition coefficient (Wildman–Crippen LogP) is 3.86. The van der Waals surface area contributed by atoms with E-state index in [1.54, 1.807) is 18.4 Å². The van der Waals surface area contributed by atoms with Crippen LogP contribution in [-0.2, 0) is 6.42 Å². The van der Waals surface area contributed by atoms with E-state index in [1.165, 1.54) is 29.0 Å². The maximum Gasteiger partial charge on any atom is 0.180 e. The third-order valence-corrected chi connectivity index (χ3v) is 4.50. The molecule has 0 unspecified atom stereocenters. The summed E-state index contributed by atoms with van der Waals surface area (Å²) in [5.74, 6) is 1.34. The van der Waals surface area contributed by atoms with Gasteiger partial charge in [0.25, 0.3) is 0 Å². The minimum Gasteiger partial charge on any atom is -0.495 e. The topological polar surface area (TPSA) is 48.1 Å². The molecule has 2 aromatic rings. The van der Waals surface area contributed by atoms with Crippen LogP contribution in [0, 0.1) is 0 Å². The summed E-state index contributed by atoms with van der Waals surface area (Å²) >= 11 is 7.63. The van der Waals surface area contributed by atoms with Gasteiger partial charge in [-0.3, -0.25) is 0 Å². The number of nitrogens with zero attached hydrogens (tertiary/aromatic N) is 1. The number of hydrogen-bond donors (Lipinski definition) is 1. The highest BCUT2D eigenvalue weighted by Crippen LogP contribution is 2.43. The van der Waals surface area contributed by atoms with Crippen LogP contribution in [-0.4, -0.2) is 12.1 Å². The average molecular weight is 295 g/mol. The molecule has 0 radical (unpaired) electrons. The molecular weight excluding hydrogens is 280 g/mol. The van der Waals surface area contributed by atoms with Gasteiger partial charge in [0.2, 0.25) is 0 Å². The van der Waals surface area contributed by atoms with Gasteiger partial charge in [-0.25, -0.2) is 4.98 Å². The number of thiazole rings is 1. The van der Waals surface area contributed by atoms with Crippen LogP contribution in [0.5, 0.6) is 5.75 Å². The number of nitrogen functional groups attached to an aromatic ring is 1. The molecule has 1 aliphatic carbocycles. The van der Waals surface area contributed by atoms with Crippen molar-refractivity contribution in [2.75, 3.05) is 12.8 Å². The number of rotatable bonds is 4. The standard InChI is InChI=1S/C14H15ClN2OS/c1-18-11-6-8(2-5-10(11)15)7-12-13(9-3-4-9)17-14(16)19-12/h2,5-6,9H,3-4,7H2,1H3,(H2,16,17). The minimum atomic E-state index is 0.623. The van der Waals surface area contributed by atoms with Crippen LogP contribution in [0.1, 0.15) is 34.9 Å². The van der Waals surface area contributed by atoms with Gasteiger partial charge in [0.1, 0.15) is 5.75 Å². The van der Waals surface area contributed by atoms with Crippen LogP contribution in [0.3, 0.4) is 0 Å². The summed E-state index contributed by atoms with van der Waals surface area (Å²) in [5, 5.41) is 1.30. The molecule has 100 valence electrons. The Hall–Kier alpha value is -1.26. The maximum atomic E-state index is 6.04. The minimum absolute atomic E-state index is 0.623. The fraction of sp³-hybridized carbons (Fsp3) is 0.357. The summed E-state index contributed by atoms with van der Waals surface area (Å²) in [6.45, 7) is 0. The van der Waals surface area contributed by atoms with E-state index in [-0.39, 0.29) is 0 Å². The first-order valence-corrected chi connectivity index (χ1v) is 7.44. The molecule has 0 saturated heterocycles. The first-order valence-electron chi connectivity index (χ1n) is 6.25. The van der Waals surface area contributed by atoms with Crippen molar-refractivity contribution in [2.45, 2.75) is 25.2 Å². The zero-order chi connectivity index (χ0) is 13.4. The second kappa shape index (κ2) is 5.02. The Morgan fingerprint density at radius 2 is 2.26 bits per heavy atom. The number of hydrogen-bond acceptors (Lipinski definition) is 4. The van der Waals surface area contributed by atoms with Crippen LogP contribution < -0.4 is 10.5 Å². The molecule has 5 heteroatoms. The molecule has 1 fully saturated rings. The van der Waals surface area contributed by atoms with E-state index in [0.717, 1.165) is 6.42 Å². The lowest BCUT2D eigenvalue weighted by Crippen LogP contribution is -1.93. The molecule has 0 amide bonds. The molecule has 19 heavy (non-hydrogen) atoms. The van der Waals surface area contributed by atoms with E-state index < -0.39 is 0 Å². The summed E-state index contributed by atoms with van der Waals surface area (Å²) in [5.41, 5.74) is 8.20. The number of benzene rings is 1. The van der Waals surface area contributed by atoms with E-state index in [1.807, 2.05) is 18.2 Å². The number of ether oxygens (including phenoxy) is 1. The summed E-state index contributed by atoms with van der Waals surface area (Å²) < 4.78 is 5.25. The quantitative estimate of drug-likeness (QED) is 0.931. The smallest absolute Gasteiger partial charge is 0.180 e. The highest BCUT2D eigenvalue weighted by atomic mass is 35.5. The van der Waals surface area contributed by atoms with Gasteiger partial charge in [0.05, 0.1) is 17.8 Å². The molecule has 0 atom stereocenters. The molecule has 0 bridgehead atoms. The second-order valence-corrected chi connectivity index (χ2v) is 6.30. The van der Waals surface area contributed by atoms with E-state index >= 15 is 0 Å². The van der Waals surface area contributed by atoms with Crippen molar-refractivity contribution in [3.8, 4) is 5.75 Å². The number of anilines is 1. The van der Waals surface area contributed by atoms with Gasteiger partial charge in [-0.15, -0.1) is 11.3 Å². The van der Waals surface area contributed by atoms with Gasteiger partial charge in [0, 0.05) is 17.2 Å². The molecule has 1 saturated carbocycles. The number of methoxy groups -OCH3 is 1. The zero-order valence-electron chi connectivity index (χ0n) is 10.6. The first kappa shape index (κ1) is 12.8. The highest BCUT2D eigenvalue weighted by Gasteiger charge is 2.29. The van der Waals surface area contributed by atoms with Crippen LogP contribution >= 0.6 is 22.9 Å². The third-order valence-electron chi connectivity index (χ3n) is 3.29. The average Bonchev–Trinajstić information content (AvgIpc) is 3.17. The maximum absolute atomic E-state index is 6.04. The van der Waals surface area contributed by atoms with Crippen molar-refractivity contribution < 1.29 is 4.74 Å². The largest absolute Gasteiger partial charge is 0.495 e. The van der Waals surface area contributed by atoms with Crippen molar-refractivity contribution in [1.29, 1.82) is 0 Å². The summed E-state index contributed by atoms with van der Waals surface area (Å²) in [7, 11) is 1.63. The van der Waals surface area contributed by atoms with E-state index in [0.29, 0.717) is 21.8 Å². The molecular formula is C14H15ClN2OS. The molecule has 1 aromatic carbocycles. The van der Waals surface area contributed by atoms with E-state index in [2.05, 4.69) is 4.98 Å². The molecule has 1 aliphatic rings.